The maximum absolute atomic E-state index is 12.7. The van der Waals surface area contributed by atoms with E-state index in [1.165, 1.54) is 4.68 Å². The van der Waals surface area contributed by atoms with Gasteiger partial charge in [-0.25, -0.2) is 9.48 Å². The zero-order valence-corrected chi connectivity index (χ0v) is 16.1. The lowest BCUT2D eigenvalue weighted by Crippen LogP contribution is -2.51. The van der Waals surface area contributed by atoms with Crippen LogP contribution in [-0.4, -0.2) is 47.1 Å². The van der Waals surface area contributed by atoms with Crippen molar-refractivity contribution in [2.75, 3.05) is 6.26 Å². The van der Waals surface area contributed by atoms with Crippen LogP contribution in [0.4, 0.5) is 4.79 Å². The third-order valence-electron chi connectivity index (χ3n) is 4.45. The minimum atomic E-state index is -3.65. The molecule has 0 aromatic carbocycles. The highest BCUT2D eigenvalue weighted by atomic mass is 32.2. The normalized spacial score (nSPS) is 23.2. The Morgan fingerprint density at radius 1 is 1.28 bits per heavy atom. The van der Waals surface area contributed by atoms with Gasteiger partial charge in [0.1, 0.15) is 5.60 Å². The van der Waals surface area contributed by atoms with Gasteiger partial charge in [0.05, 0.1) is 18.0 Å². The highest BCUT2D eigenvalue weighted by Crippen LogP contribution is 2.44. The van der Waals surface area contributed by atoms with E-state index in [2.05, 4.69) is 5.10 Å². The number of amides is 1. The summed E-state index contributed by atoms with van der Waals surface area (Å²) in [6.45, 7) is 5.53. The lowest BCUT2D eigenvalue weighted by atomic mass is 9.84. The average molecular weight is 371 g/mol. The maximum Gasteiger partial charge on any atom is 0.411 e. The lowest BCUT2D eigenvalue weighted by molar-refractivity contribution is -0.0104. The minimum absolute atomic E-state index is 0.0350. The summed E-state index contributed by atoms with van der Waals surface area (Å²) in [5.41, 5.74) is 0.922. The zero-order valence-electron chi connectivity index (χ0n) is 15.3. The molecule has 2 bridgehead atoms. The summed E-state index contributed by atoms with van der Waals surface area (Å²) in [5, 5.41) is 4.46. The molecule has 9 heteroatoms. The average Bonchev–Trinajstić information content (AvgIpc) is 2.72. The SMILES string of the molecule is Cn1nc2c(c1OS(C)(=O)=O)C[C@H]1CCC[C@H]2N1C(=O)OC(C)(C)C. The van der Waals surface area contributed by atoms with E-state index < -0.39 is 15.7 Å². The summed E-state index contributed by atoms with van der Waals surface area (Å²) in [6, 6.07) is -0.243. The summed E-state index contributed by atoms with van der Waals surface area (Å²) < 4.78 is 35.3. The van der Waals surface area contributed by atoms with Crippen molar-refractivity contribution in [1.29, 1.82) is 0 Å². The number of carbonyl (C=O) groups is 1. The first kappa shape index (κ1) is 18.0. The van der Waals surface area contributed by atoms with Crippen LogP contribution in [0.5, 0.6) is 5.88 Å². The van der Waals surface area contributed by atoms with Crippen molar-refractivity contribution in [2.24, 2.45) is 7.05 Å². The largest absolute Gasteiger partial charge is 0.444 e. The lowest BCUT2D eigenvalue weighted by Gasteiger charge is -2.45. The van der Waals surface area contributed by atoms with Gasteiger partial charge in [0.15, 0.2) is 0 Å². The van der Waals surface area contributed by atoms with Crippen molar-refractivity contribution >= 4 is 16.2 Å². The van der Waals surface area contributed by atoms with Gasteiger partial charge in [0.2, 0.25) is 5.88 Å². The van der Waals surface area contributed by atoms with Crippen molar-refractivity contribution in [3.63, 3.8) is 0 Å². The van der Waals surface area contributed by atoms with Crippen molar-refractivity contribution in [3.8, 4) is 5.88 Å². The predicted octanol–water partition coefficient (Wildman–Crippen LogP) is 2.15. The molecule has 1 saturated heterocycles. The second-order valence-corrected chi connectivity index (χ2v) is 9.35. The van der Waals surface area contributed by atoms with Crippen LogP contribution < -0.4 is 4.18 Å². The van der Waals surface area contributed by atoms with Crippen molar-refractivity contribution < 1.29 is 22.1 Å². The van der Waals surface area contributed by atoms with Crippen LogP contribution in [0.25, 0.3) is 0 Å². The molecule has 2 aliphatic rings. The van der Waals surface area contributed by atoms with Gasteiger partial charge in [-0.3, -0.25) is 4.90 Å². The number of nitrogens with zero attached hydrogens (tertiary/aromatic N) is 3. The third-order valence-corrected chi connectivity index (χ3v) is 4.91. The molecule has 1 fully saturated rings. The van der Waals surface area contributed by atoms with Gasteiger partial charge < -0.3 is 8.92 Å². The van der Waals surface area contributed by atoms with E-state index in [-0.39, 0.29) is 24.1 Å². The van der Waals surface area contributed by atoms with Crippen molar-refractivity contribution in [2.45, 2.75) is 64.1 Å². The molecule has 140 valence electrons. The summed E-state index contributed by atoms with van der Waals surface area (Å²) in [6.07, 6.45) is 3.81. The van der Waals surface area contributed by atoms with Crippen LogP contribution in [0.1, 0.15) is 57.3 Å². The summed E-state index contributed by atoms with van der Waals surface area (Å²) in [4.78, 5) is 14.5. The smallest absolute Gasteiger partial charge is 0.411 e. The van der Waals surface area contributed by atoms with Crippen LogP contribution >= 0.6 is 0 Å². The Hall–Kier alpha value is -1.77. The monoisotopic (exact) mass is 371 g/mol. The Balaban J connectivity index is 1.98. The first-order valence-corrected chi connectivity index (χ1v) is 10.2. The van der Waals surface area contributed by atoms with Crippen LogP contribution in [0.2, 0.25) is 0 Å². The first-order chi connectivity index (χ1) is 11.5. The summed E-state index contributed by atoms with van der Waals surface area (Å²) in [7, 11) is -1.99. The second-order valence-electron chi connectivity index (χ2n) is 7.77. The minimum Gasteiger partial charge on any atom is -0.444 e. The van der Waals surface area contributed by atoms with E-state index in [4.69, 9.17) is 8.92 Å². The molecule has 3 heterocycles. The molecular weight excluding hydrogens is 346 g/mol. The molecule has 2 aliphatic heterocycles. The van der Waals surface area contributed by atoms with Gasteiger partial charge in [-0.15, -0.1) is 0 Å². The first-order valence-electron chi connectivity index (χ1n) is 8.43. The number of ether oxygens (including phenoxy) is 1. The molecule has 0 unspecified atom stereocenters. The number of piperidine rings is 1. The van der Waals surface area contributed by atoms with E-state index in [1.54, 1.807) is 11.9 Å². The standard InChI is InChI=1S/C16H25N3O5S/c1-16(2,3)23-15(20)19-10-7-6-8-12(19)13-11(9-10)14(18(4)17-13)24-25(5,21)22/h10,12H,6-9H2,1-5H3/t10-,12-/m1/s1. The fourth-order valence-corrected chi connectivity index (χ4v) is 4.15. The summed E-state index contributed by atoms with van der Waals surface area (Å²) in [5.74, 6) is 0.248. The van der Waals surface area contributed by atoms with Crippen molar-refractivity contribution in [3.05, 3.63) is 11.3 Å². The molecule has 25 heavy (non-hydrogen) atoms. The second kappa shape index (κ2) is 5.89. The van der Waals surface area contributed by atoms with E-state index in [0.717, 1.165) is 31.1 Å². The molecule has 2 atom stereocenters. The number of aromatic nitrogens is 2. The third kappa shape index (κ3) is 3.61. The topological polar surface area (TPSA) is 90.7 Å². The molecule has 1 aromatic rings. The molecule has 1 aromatic heterocycles. The molecule has 0 N–H and O–H groups in total. The molecule has 0 aliphatic carbocycles. The molecule has 1 amide bonds. The van der Waals surface area contributed by atoms with Gasteiger partial charge in [-0.05, 0) is 40.0 Å². The van der Waals surface area contributed by atoms with Crippen LogP contribution in [0.3, 0.4) is 0 Å². The van der Waals surface area contributed by atoms with Crippen molar-refractivity contribution in [1.82, 2.24) is 14.7 Å². The van der Waals surface area contributed by atoms with Gasteiger partial charge in [-0.2, -0.15) is 13.5 Å². The molecule has 0 spiro atoms. The number of hydrogen-bond acceptors (Lipinski definition) is 6. The van der Waals surface area contributed by atoms with E-state index >= 15 is 0 Å². The Morgan fingerprint density at radius 3 is 2.56 bits per heavy atom. The van der Waals surface area contributed by atoms with Crippen LogP contribution in [0.15, 0.2) is 0 Å². The van der Waals surface area contributed by atoms with E-state index in [0.29, 0.717) is 12.1 Å². The fraction of sp³-hybridized carbons (Fsp3) is 0.750. The number of hydrogen-bond donors (Lipinski definition) is 0. The van der Waals surface area contributed by atoms with Gasteiger partial charge in [-0.1, -0.05) is 0 Å². The molecule has 3 rings (SSSR count). The van der Waals surface area contributed by atoms with E-state index in [9.17, 15) is 13.2 Å². The Kier molecular flexibility index (Phi) is 4.25. The van der Waals surface area contributed by atoms with Gasteiger partial charge >= 0.3 is 16.2 Å². The number of fused-ring (bicyclic) bond motifs is 4. The highest BCUT2D eigenvalue weighted by molar-refractivity contribution is 7.86. The number of carbonyl (C=O) groups excluding carboxylic acids is 1. The number of rotatable bonds is 2. The predicted molar refractivity (Wildman–Crippen MR) is 90.8 cm³/mol. The van der Waals surface area contributed by atoms with Crippen LogP contribution in [-0.2, 0) is 28.3 Å². The van der Waals surface area contributed by atoms with Crippen LogP contribution in [0, 0.1) is 0 Å². The quantitative estimate of drug-likeness (QED) is 0.740. The maximum atomic E-state index is 12.7. The van der Waals surface area contributed by atoms with E-state index in [1.807, 2.05) is 20.8 Å². The summed E-state index contributed by atoms with van der Waals surface area (Å²) >= 11 is 0. The van der Waals surface area contributed by atoms with Gasteiger partial charge in [0, 0.05) is 25.1 Å². The highest BCUT2D eigenvalue weighted by Gasteiger charge is 2.45. The van der Waals surface area contributed by atoms with Gasteiger partial charge in [0.25, 0.3) is 0 Å². The fourth-order valence-electron chi connectivity index (χ4n) is 3.65. The molecule has 8 nitrogen and oxygen atoms in total. The Bertz CT molecular complexity index is 793. The molecular formula is C16H25N3O5S. The Morgan fingerprint density at radius 2 is 1.96 bits per heavy atom. The molecule has 0 radical (unpaired) electrons. The Labute approximate surface area is 148 Å². The molecule has 0 saturated carbocycles. The zero-order chi connectivity index (χ0) is 18.6. The number of aryl methyl sites for hydroxylation is 1.